The van der Waals surface area contributed by atoms with Gasteiger partial charge >= 0.3 is 0 Å². The fraction of sp³-hybridized carbons (Fsp3) is 0.273. The highest BCUT2D eigenvalue weighted by molar-refractivity contribution is 6.31. The lowest BCUT2D eigenvalue weighted by atomic mass is 10.0. The van der Waals surface area contributed by atoms with Crippen LogP contribution in [-0.2, 0) is 0 Å². The van der Waals surface area contributed by atoms with Gasteiger partial charge in [0.25, 0.3) is 0 Å². The van der Waals surface area contributed by atoms with Gasteiger partial charge in [0.15, 0.2) is 0 Å². The molecule has 0 bridgehead atoms. The molecule has 80 valence electrons. The van der Waals surface area contributed by atoms with Crippen molar-refractivity contribution in [3.8, 4) is 0 Å². The van der Waals surface area contributed by atoms with Gasteiger partial charge in [-0.05, 0) is 25.1 Å². The van der Waals surface area contributed by atoms with Crippen LogP contribution < -0.4 is 5.73 Å². The zero-order chi connectivity index (χ0) is 11.0. The molecule has 0 aliphatic heterocycles. The van der Waals surface area contributed by atoms with Crippen molar-refractivity contribution >= 4 is 22.5 Å². The van der Waals surface area contributed by atoms with E-state index in [9.17, 15) is 5.11 Å². The van der Waals surface area contributed by atoms with Crippen LogP contribution in [0.3, 0.4) is 0 Å². The third-order valence-electron chi connectivity index (χ3n) is 2.49. The standard InChI is InChI=1S/C11H13ClN2O/c1-6(13)11(15)9-5-14-10-3-2-7(12)4-8(9)10/h2-6,11,14-15H,13H2,1H3. The van der Waals surface area contributed by atoms with Gasteiger partial charge in [-0.15, -0.1) is 0 Å². The molecule has 15 heavy (non-hydrogen) atoms. The lowest BCUT2D eigenvalue weighted by Crippen LogP contribution is -2.24. The maximum absolute atomic E-state index is 9.89. The summed E-state index contributed by atoms with van der Waals surface area (Å²) in [4.78, 5) is 3.08. The van der Waals surface area contributed by atoms with E-state index in [2.05, 4.69) is 4.98 Å². The van der Waals surface area contributed by atoms with Crippen molar-refractivity contribution in [2.24, 2.45) is 5.73 Å². The molecule has 2 atom stereocenters. The fourth-order valence-corrected chi connectivity index (χ4v) is 1.81. The summed E-state index contributed by atoms with van der Waals surface area (Å²) in [7, 11) is 0. The average molecular weight is 225 g/mol. The molecule has 0 spiro atoms. The molecule has 1 aromatic carbocycles. The Labute approximate surface area is 92.9 Å². The number of hydrogen-bond donors (Lipinski definition) is 3. The van der Waals surface area contributed by atoms with Crippen LogP contribution in [0.15, 0.2) is 24.4 Å². The number of benzene rings is 1. The van der Waals surface area contributed by atoms with Crippen LogP contribution >= 0.6 is 11.6 Å². The molecular weight excluding hydrogens is 212 g/mol. The number of fused-ring (bicyclic) bond motifs is 1. The summed E-state index contributed by atoms with van der Waals surface area (Å²) in [6.07, 6.45) is 1.10. The lowest BCUT2D eigenvalue weighted by molar-refractivity contribution is 0.155. The number of aliphatic hydroxyl groups is 1. The third kappa shape index (κ3) is 1.86. The van der Waals surface area contributed by atoms with Gasteiger partial charge in [0.1, 0.15) is 0 Å². The summed E-state index contributed by atoms with van der Waals surface area (Å²) in [6, 6.07) is 5.22. The fourth-order valence-electron chi connectivity index (χ4n) is 1.64. The normalized spacial score (nSPS) is 15.5. The monoisotopic (exact) mass is 224 g/mol. The predicted molar refractivity (Wildman–Crippen MR) is 61.9 cm³/mol. The number of hydrogen-bond acceptors (Lipinski definition) is 2. The zero-order valence-corrected chi connectivity index (χ0v) is 9.12. The summed E-state index contributed by atoms with van der Waals surface area (Å²) in [5, 5.41) is 11.5. The van der Waals surface area contributed by atoms with Crippen molar-refractivity contribution in [2.45, 2.75) is 19.1 Å². The van der Waals surface area contributed by atoms with Gasteiger partial charge in [0.05, 0.1) is 6.10 Å². The lowest BCUT2D eigenvalue weighted by Gasteiger charge is -2.13. The molecule has 1 aromatic heterocycles. The van der Waals surface area contributed by atoms with Crippen LogP contribution in [0, 0.1) is 0 Å². The van der Waals surface area contributed by atoms with E-state index in [-0.39, 0.29) is 6.04 Å². The summed E-state index contributed by atoms with van der Waals surface area (Å²) in [5.41, 5.74) is 7.41. The summed E-state index contributed by atoms with van der Waals surface area (Å²) < 4.78 is 0. The van der Waals surface area contributed by atoms with Crippen LogP contribution in [0.4, 0.5) is 0 Å². The minimum atomic E-state index is -0.669. The van der Waals surface area contributed by atoms with E-state index in [1.165, 1.54) is 0 Å². The highest BCUT2D eigenvalue weighted by Gasteiger charge is 2.16. The Bertz CT molecular complexity index is 478. The second-order valence-electron chi connectivity index (χ2n) is 3.74. The summed E-state index contributed by atoms with van der Waals surface area (Å²) in [6.45, 7) is 1.77. The SMILES string of the molecule is CC(N)C(O)c1c[nH]c2ccc(Cl)cc12. The van der Waals surface area contributed by atoms with E-state index in [4.69, 9.17) is 17.3 Å². The molecular formula is C11H13ClN2O. The van der Waals surface area contributed by atoms with Crippen LogP contribution in [0.25, 0.3) is 10.9 Å². The molecule has 4 N–H and O–H groups in total. The largest absolute Gasteiger partial charge is 0.387 e. The van der Waals surface area contributed by atoms with Gasteiger partial charge in [-0.1, -0.05) is 11.6 Å². The van der Waals surface area contributed by atoms with Crippen molar-refractivity contribution < 1.29 is 5.11 Å². The van der Waals surface area contributed by atoms with Crippen LogP contribution in [0.5, 0.6) is 0 Å². The number of rotatable bonds is 2. The second kappa shape index (κ2) is 3.85. The number of nitrogens with two attached hydrogens (primary N) is 1. The van der Waals surface area contributed by atoms with E-state index in [0.717, 1.165) is 16.5 Å². The Morgan fingerprint density at radius 2 is 2.20 bits per heavy atom. The second-order valence-corrected chi connectivity index (χ2v) is 4.17. The number of nitrogens with one attached hydrogen (secondary N) is 1. The van der Waals surface area contributed by atoms with Crippen molar-refractivity contribution in [1.29, 1.82) is 0 Å². The van der Waals surface area contributed by atoms with Gasteiger partial charge in [-0.2, -0.15) is 0 Å². The molecule has 0 aliphatic rings. The van der Waals surface area contributed by atoms with Crippen molar-refractivity contribution in [1.82, 2.24) is 4.98 Å². The minimum Gasteiger partial charge on any atom is -0.387 e. The number of aromatic amines is 1. The van der Waals surface area contributed by atoms with E-state index in [1.54, 1.807) is 13.1 Å². The van der Waals surface area contributed by atoms with E-state index >= 15 is 0 Å². The van der Waals surface area contributed by atoms with Gasteiger partial charge in [0.2, 0.25) is 0 Å². The van der Waals surface area contributed by atoms with Crippen LogP contribution in [0.2, 0.25) is 5.02 Å². The van der Waals surface area contributed by atoms with Crippen molar-refractivity contribution in [3.63, 3.8) is 0 Å². The summed E-state index contributed by atoms with van der Waals surface area (Å²) in [5.74, 6) is 0. The average Bonchev–Trinajstić information content (AvgIpc) is 2.59. The smallest absolute Gasteiger partial charge is 0.0958 e. The van der Waals surface area contributed by atoms with Crippen molar-refractivity contribution in [2.75, 3.05) is 0 Å². The molecule has 0 radical (unpaired) electrons. The highest BCUT2D eigenvalue weighted by atomic mass is 35.5. The summed E-state index contributed by atoms with van der Waals surface area (Å²) >= 11 is 5.91. The van der Waals surface area contributed by atoms with E-state index in [1.807, 2.05) is 18.2 Å². The van der Waals surface area contributed by atoms with Gasteiger partial charge in [0, 0.05) is 33.7 Å². The highest BCUT2D eigenvalue weighted by Crippen LogP contribution is 2.27. The van der Waals surface area contributed by atoms with Gasteiger partial charge in [-0.3, -0.25) is 0 Å². The Hall–Kier alpha value is -1.03. The molecule has 1 heterocycles. The topological polar surface area (TPSA) is 62.0 Å². The Morgan fingerprint density at radius 3 is 2.87 bits per heavy atom. The first-order valence-electron chi connectivity index (χ1n) is 4.80. The molecule has 2 aromatic rings. The molecule has 0 fully saturated rings. The maximum Gasteiger partial charge on any atom is 0.0958 e. The quantitative estimate of drug-likeness (QED) is 0.733. The molecule has 2 unspecified atom stereocenters. The maximum atomic E-state index is 9.89. The Morgan fingerprint density at radius 1 is 1.47 bits per heavy atom. The van der Waals surface area contributed by atoms with E-state index in [0.29, 0.717) is 5.02 Å². The number of aliphatic hydroxyl groups excluding tert-OH is 1. The molecule has 0 amide bonds. The number of halogens is 1. The van der Waals surface area contributed by atoms with Crippen LogP contribution in [-0.4, -0.2) is 16.1 Å². The Balaban J connectivity index is 2.56. The first-order valence-corrected chi connectivity index (χ1v) is 5.17. The predicted octanol–water partition coefficient (Wildman–Crippen LogP) is 2.20. The number of H-pyrrole nitrogens is 1. The first-order chi connectivity index (χ1) is 7.09. The van der Waals surface area contributed by atoms with Gasteiger partial charge in [-0.25, -0.2) is 0 Å². The van der Waals surface area contributed by atoms with Crippen molar-refractivity contribution in [3.05, 3.63) is 35.0 Å². The molecule has 2 rings (SSSR count). The Kier molecular flexibility index (Phi) is 2.69. The number of aromatic nitrogens is 1. The first kappa shape index (κ1) is 10.5. The molecule has 0 saturated carbocycles. The minimum absolute atomic E-state index is 0.303. The third-order valence-corrected chi connectivity index (χ3v) is 2.73. The van der Waals surface area contributed by atoms with Crippen LogP contribution in [0.1, 0.15) is 18.6 Å². The molecule has 0 aliphatic carbocycles. The molecule has 4 heteroatoms. The molecule has 0 saturated heterocycles. The van der Waals surface area contributed by atoms with E-state index < -0.39 is 6.10 Å². The zero-order valence-electron chi connectivity index (χ0n) is 8.37. The van der Waals surface area contributed by atoms with Gasteiger partial charge < -0.3 is 15.8 Å². The molecule has 3 nitrogen and oxygen atoms in total.